The van der Waals surface area contributed by atoms with Crippen LogP contribution in [0.3, 0.4) is 0 Å². The van der Waals surface area contributed by atoms with E-state index >= 15 is 0 Å². The van der Waals surface area contributed by atoms with Crippen LogP contribution in [-0.4, -0.2) is 66.5 Å². The Balaban J connectivity index is 0.00000400. The maximum Gasteiger partial charge on any atom is 0.237 e. The molecule has 0 aromatic carbocycles. The van der Waals surface area contributed by atoms with Crippen LogP contribution in [0.15, 0.2) is 4.99 Å². The molecule has 1 fully saturated rings. The van der Waals surface area contributed by atoms with Gasteiger partial charge in [0.25, 0.3) is 0 Å². The van der Waals surface area contributed by atoms with Crippen LogP contribution in [0, 0.1) is 12.3 Å². The third-order valence-electron chi connectivity index (χ3n) is 3.63. The number of nitrogens with zero attached hydrogens (tertiary/aromatic N) is 3. The molecule has 0 atom stereocenters. The zero-order chi connectivity index (χ0) is 15.2. The number of carbonyl (C=O) groups excluding carboxylic acids is 1. The van der Waals surface area contributed by atoms with Crippen LogP contribution in [0.5, 0.6) is 0 Å². The van der Waals surface area contributed by atoms with Gasteiger partial charge in [-0.1, -0.05) is 5.92 Å². The monoisotopic (exact) mass is 407 g/mol. The lowest BCUT2D eigenvalue weighted by molar-refractivity contribution is -0.129. The minimum absolute atomic E-state index is 0. The Labute approximate surface area is 144 Å². The highest BCUT2D eigenvalue weighted by molar-refractivity contribution is 14.0. The second kappa shape index (κ2) is 9.10. The number of carbonyl (C=O) groups is 1. The molecule has 0 spiro atoms. The van der Waals surface area contributed by atoms with Crippen molar-refractivity contribution in [2.75, 3.05) is 39.3 Å². The van der Waals surface area contributed by atoms with E-state index in [0.717, 1.165) is 38.7 Å². The molecule has 0 aromatic heterocycles. The van der Waals surface area contributed by atoms with E-state index < -0.39 is 5.54 Å². The Hall–Kier alpha value is -1.01. The number of piperazine rings is 1. The van der Waals surface area contributed by atoms with Crippen molar-refractivity contribution in [3.8, 4) is 12.3 Å². The Kier molecular flexibility index (Phi) is 8.66. The van der Waals surface area contributed by atoms with Crippen molar-refractivity contribution in [3.63, 3.8) is 0 Å². The average molecular weight is 407 g/mol. The molecular formula is C14H26IN5O. The number of nitrogens with one attached hydrogen (secondary N) is 1. The van der Waals surface area contributed by atoms with E-state index in [2.05, 4.69) is 26.0 Å². The summed E-state index contributed by atoms with van der Waals surface area (Å²) in [5.74, 6) is 3.06. The zero-order valence-corrected chi connectivity index (χ0v) is 15.4. The third kappa shape index (κ3) is 5.36. The zero-order valence-electron chi connectivity index (χ0n) is 13.1. The summed E-state index contributed by atoms with van der Waals surface area (Å²) >= 11 is 0. The van der Waals surface area contributed by atoms with Gasteiger partial charge in [0.05, 0.1) is 5.54 Å². The number of rotatable bonds is 4. The number of hydrogen-bond acceptors (Lipinski definition) is 3. The van der Waals surface area contributed by atoms with Crippen molar-refractivity contribution in [1.29, 1.82) is 0 Å². The topological polar surface area (TPSA) is 74.0 Å². The molecule has 0 unspecified atom stereocenters. The van der Waals surface area contributed by atoms with Gasteiger partial charge in [0.2, 0.25) is 5.91 Å². The van der Waals surface area contributed by atoms with E-state index in [1.165, 1.54) is 0 Å². The summed E-state index contributed by atoms with van der Waals surface area (Å²) in [5, 5.41) is 3.23. The number of primary amides is 1. The molecule has 21 heavy (non-hydrogen) atoms. The first-order valence-corrected chi connectivity index (χ1v) is 6.95. The minimum Gasteiger partial charge on any atom is -0.368 e. The molecule has 120 valence electrons. The molecule has 1 aliphatic rings. The summed E-state index contributed by atoms with van der Waals surface area (Å²) < 4.78 is 0. The normalized spacial score (nSPS) is 16.9. The van der Waals surface area contributed by atoms with Crippen molar-refractivity contribution >= 4 is 35.8 Å². The van der Waals surface area contributed by atoms with Crippen LogP contribution in [0.2, 0.25) is 0 Å². The highest BCUT2D eigenvalue weighted by Gasteiger charge is 2.35. The van der Waals surface area contributed by atoms with Gasteiger partial charge < -0.3 is 16.0 Å². The van der Waals surface area contributed by atoms with E-state index in [1.54, 1.807) is 0 Å². The number of aliphatic imine (C=N–C) groups is 1. The summed E-state index contributed by atoms with van der Waals surface area (Å²) in [6.45, 7) is 10.1. The van der Waals surface area contributed by atoms with Gasteiger partial charge in [-0.05, 0) is 20.8 Å². The van der Waals surface area contributed by atoms with Gasteiger partial charge in [0.15, 0.2) is 5.96 Å². The standard InChI is InChI=1S/C14H25N5O.HI/c1-5-7-17-13(16-6-2)18-8-10-19(11-9-18)14(3,4)12(15)20;/h1H,6-11H2,2-4H3,(H2,15,20)(H,16,17);1H. The number of guanidine groups is 1. The second-order valence-electron chi connectivity index (χ2n) is 5.27. The summed E-state index contributed by atoms with van der Waals surface area (Å²) in [5.41, 5.74) is 4.85. The quantitative estimate of drug-likeness (QED) is 0.300. The Morgan fingerprint density at radius 2 is 1.95 bits per heavy atom. The van der Waals surface area contributed by atoms with Crippen molar-refractivity contribution in [1.82, 2.24) is 15.1 Å². The molecule has 1 amide bonds. The summed E-state index contributed by atoms with van der Waals surface area (Å²) in [6, 6.07) is 0. The third-order valence-corrected chi connectivity index (χ3v) is 3.63. The first-order valence-electron chi connectivity index (χ1n) is 6.95. The molecule has 6 nitrogen and oxygen atoms in total. The summed E-state index contributed by atoms with van der Waals surface area (Å²) in [6.07, 6.45) is 5.25. The van der Waals surface area contributed by atoms with Gasteiger partial charge in [-0.25, -0.2) is 4.99 Å². The molecule has 1 aliphatic heterocycles. The van der Waals surface area contributed by atoms with E-state index in [4.69, 9.17) is 12.2 Å². The van der Waals surface area contributed by atoms with Crippen molar-refractivity contribution in [3.05, 3.63) is 0 Å². The predicted molar refractivity (Wildman–Crippen MR) is 96.6 cm³/mol. The van der Waals surface area contributed by atoms with Crippen LogP contribution in [0.25, 0.3) is 0 Å². The fraction of sp³-hybridized carbons (Fsp3) is 0.714. The molecule has 1 heterocycles. The minimum atomic E-state index is -0.611. The maximum atomic E-state index is 11.5. The number of hydrogen-bond donors (Lipinski definition) is 2. The number of halogens is 1. The molecule has 0 aromatic rings. The predicted octanol–water partition coefficient (Wildman–Crippen LogP) is 0.0846. The van der Waals surface area contributed by atoms with Gasteiger partial charge in [-0.15, -0.1) is 30.4 Å². The van der Waals surface area contributed by atoms with Gasteiger partial charge in [-0.3, -0.25) is 9.69 Å². The largest absolute Gasteiger partial charge is 0.368 e. The molecule has 7 heteroatoms. The van der Waals surface area contributed by atoms with Crippen LogP contribution in [0.1, 0.15) is 20.8 Å². The molecule has 0 bridgehead atoms. The Morgan fingerprint density at radius 1 is 1.38 bits per heavy atom. The van der Waals surface area contributed by atoms with Crippen LogP contribution >= 0.6 is 24.0 Å². The average Bonchev–Trinajstić information content (AvgIpc) is 2.43. The van der Waals surface area contributed by atoms with Gasteiger partial charge in [0, 0.05) is 32.7 Å². The molecule has 1 rings (SSSR count). The molecule has 3 N–H and O–H groups in total. The molecule has 0 radical (unpaired) electrons. The number of amides is 1. The lowest BCUT2D eigenvalue weighted by atomic mass is 10.0. The van der Waals surface area contributed by atoms with E-state index in [0.29, 0.717) is 6.54 Å². The van der Waals surface area contributed by atoms with Crippen molar-refractivity contribution in [2.45, 2.75) is 26.3 Å². The van der Waals surface area contributed by atoms with E-state index in [9.17, 15) is 4.79 Å². The first kappa shape index (κ1) is 20.0. The second-order valence-corrected chi connectivity index (χ2v) is 5.27. The number of nitrogens with two attached hydrogens (primary N) is 1. The van der Waals surface area contributed by atoms with Gasteiger partial charge in [-0.2, -0.15) is 0 Å². The molecular weight excluding hydrogens is 381 g/mol. The lowest BCUT2D eigenvalue weighted by Crippen LogP contribution is -2.61. The fourth-order valence-electron chi connectivity index (χ4n) is 2.18. The SMILES string of the molecule is C#CCN=C(NCC)N1CCN(C(C)(C)C(N)=O)CC1.I. The lowest BCUT2D eigenvalue weighted by Gasteiger charge is -2.43. The Bertz CT molecular complexity index is 408. The summed E-state index contributed by atoms with van der Waals surface area (Å²) in [7, 11) is 0. The fourth-order valence-corrected chi connectivity index (χ4v) is 2.18. The smallest absolute Gasteiger partial charge is 0.237 e. The highest BCUT2D eigenvalue weighted by atomic mass is 127. The van der Waals surface area contributed by atoms with Gasteiger partial charge >= 0.3 is 0 Å². The van der Waals surface area contributed by atoms with Crippen LogP contribution in [-0.2, 0) is 4.79 Å². The Morgan fingerprint density at radius 3 is 2.38 bits per heavy atom. The van der Waals surface area contributed by atoms with E-state index in [1.807, 2.05) is 20.8 Å². The highest BCUT2D eigenvalue weighted by Crippen LogP contribution is 2.16. The van der Waals surface area contributed by atoms with Gasteiger partial charge in [0.1, 0.15) is 6.54 Å². The maximum absolute atomic E-state index is 11.5. The van der Waals surface area contributed by atoms with E-state index in [-0.39, 0.29) is 29.9 Å². The molecule has 0 saturated carbocycles. The van der Waals surface area contributed by atoms with Crippen molar-refractivity contribution < 1.29 is 4.79 Å². The van der Waals surface area contributed by atoms with Crippen LogP contribution in [0.4, 0.5) is 0 Å². The molecule has 1 saturated heterocycles. The first-order chi connectivity index (χ1) is 9.43. The number of terminal acetylenes is 1. The van der Waals surface area contributed by atoms with Crippen molar-refractivity contribution in [2.24, 2.45) is 10.7 Å². The molecule has 0 aliphatic carbocycles. The summed E-state index contributed by atoms with van der Waals surface area (Å²) in [4.78, 5) is 20.1. The van der Waals surface area contributed by atoms with Crippen LogP contribution < -0.4 is 11.1 Å².